The Hall–Kier alpha value is -4.07. The number of allylic oxidation sites excluding steroid dienone is 1. The van der Waals surface area contributed by atoms with Crippen LogP contribution in [0, 0.1) is 23.2 Å². The molecule has 0 aromatic carbocycles. The molecule has 2 rings (SSSR count). The average Bonchev–Trinajstić information content (AvgIpc) is 3.16. The summed E-state index contributed by atoms with van der Waals surface area (Å²) in [4.78, 5) is 91.3. The highest BCUT2D eigenvalue weighted by Gasteiger charge is 2.72. The second kappa shape index (κ2) is 16.3. The lowest BCUT2D eigenvalue weighted by atomic mass is 9.72. The minimum Gasteiger partial charge on any atom is -0.458 e. The number of rotatable bonds is 9. The lowest BCUT2D eigenvalue weighted by Gasteiger charge is -2.45. The van der Waals surface area contributed by atoms with Crippen molar-refractivity contribution in [3.63, 3.8) is 0 Å². The molecule has 2 aliphatic carbocycles. The van der Waals surface area contributed by atoms with E-state index in [1.54, 1.807) is 19.9 Å². The van der Waals surface area contributed by atoms with Gasteiger partial charge in [-0.15, -0.1) is 0 Å². The Bertz CT molecular complexity index is 1390. The van der Waals surface area contributed by atoms with Gasteiger partial charge in [0.25, 0.3) is 0 Å². The largest absolute Gasteiger partial charge is 0.458 e. The summed E-state index contributed by atoms with van der Waals surface area (Å²) in [5.74, 6) is -8.40. The van der Waals surface area contributed by atoms with Crippen LogP contribution in [-0.2, 0) is 66.7 Å². The first-order valence-electron chi connectivity index (χ1n) is 16.5. The van der Waals surface area contributed by atoms with Crippen LogP contribution < -0.4 is 0 Å². The molecule has 9 atom stereocenters. The molecule has 0 bridgehead atoms. The van der Waals surface area contributed by atoms with Crippen LogP contribution in [0.3, 0.4) is 0 Å². The molecule has 0 unspecified atom stereocenters. The second-order valence-electron chi connectivity index (χ2n) is 14.3. The van der Waals surface area contributed by atoms with E-state index >= 15 is 0 Å². The number of hydrogen-bond acceptors (Lipinski definition) is 14. The third kappa shape index (κ3) is 9.79. The van der Waals surface area contributed by atoms with Gasteiger partial charge in [0.05, 0.1) is 5.92 Å². The molecule has 0 aliphatic heterocycles. The molecule has 1 saturated carbocycles. The van der Waals surface area contributed by atoms with Crippen molar-refractivity contribution in [1.29, 1.82) is 0 Å². The average molecular weight is 709 g/mol. The molecule has 0 spiro atoms. The Labute approximate surface area is 293 Å². The van der Waals surface area contributed by atoms with E-state index in [-0.39, 0.29) is 18.1 Å². The number of esters is 6. The number of ketones is 1. The predicted octanol–water partition coefficient (Wildman–Crippen LogP) is 3.76. The van der Waals surface area contributed by atoms with Crippen LogP contribution in [0.25, 0.3) is 0 Å². The summed E-state index contributed by atoms with van der Waals surface area (Å²) in [6.45, 7) is 21.0. The lowest BCUT2D eigenvalue weighted by Crippen LogP contribution is -2.59. The predicted molar refractivity (Wildman–Crippen MR) is 176 cm³/mol. The molecular weight excluding hydrogens is 656 g/mol. The van der Waals surface area contributed by atoms with Crippen molar-refractivity contribution in [3.8, 4) is 0 Å². The molecule has 0 aromatic rings. The van der Waals surface area contributed by atoms with Gasteiger partial charge in [-0.3, -0.25) is 33.6 Å². The highest BCUT2D eigenvalue weighted by molar-refractivity contribution is 5.94. The maximum Gasteiger partial charge on any atom is 0.303 e. The molecule has 0 radical (unpaired) electrons. The van der Waals surface area contributed by atoms with Crippen LogP contribution in [0.4, 0.5) is 0 Å². The van der Waals surface area contributed by atoms with E-state index in [0.29, 0.717) is 0 Å². The fraction of sp³-hybridized carbons (Fsp3) is 0.694. The second-order valence-corrected chi connectivity index (χ2v) is 14.3. The zero-order valence-electron chi connectivity index (χ0n) is 31.1. The Balaban J connectivity index is 3.25. The van der Waals surface area contributed by atoms with Crippen LogP contribution in [0.5, 0.6) is 0 Å². The van der Waals surface area contributed by atoms with E-state index in [4.69, 9.17) is 33.2 Å². The zero-order valence-corrected chi connectivity index (χ0v) is 31.1. The SMILES string of the molecule is C=C1[C@H](OCC(C)C)[C@@H](OC(C)=O)[C@@H](OC(C)=O)C(C)(C)/C=C/[C@@H](C)C(=O)[C@@]2(OC(C)=O)C[C@@](C)(OC(C)=O)[C@H](OC(C)=O)[C@@H]2[C@H]1OC(C)=O. The van der Waals surface area contributed by atoms with E-state index in [1.165, 1.54) is 26.8 Å². The molecule has 280 valence electrons. The van der Waals surface area contributed by atoms with Crippen LogP contribution in [0.2, 0.25) is 0 Å². The van der Waals surface area contributed by atoms with Gasteiger partial charge in [0.2, 0.25) is 0 Å². The molecule has 0 aromatic heterocycles. The maximum absolute atomic E-state index is 14.9. The number of ether oxygens (including phenoxy) is 7. The number of carbonyl (C=O) groups is 7. The van der Waals surface area contributed by atoms with Crippen LogP contribution in [-0.4, -0.2) is 89.9 Å². The highest BCUT2D eigenvalue weighted by atomic mass is 16.6. The number of carbonyl (C=O) groups excluding carboxylic acids is 7. The third-order valence-corrected chi connectivity index (χ3v) is 8.61. The van der Waals surface area contributed by atoms with Crippen LogP contribution in [0.1, 0.15) is 89.5 Å². The van der Waals surface area contributed by atoms with Gasteiger partial charge in [0, 0.05) is 65.9 Å². The van der Waals surface area contributed by atoms with Crippen LogP contribution in [0.15, 0.2) is 24.3 Å². The first kappa shape index (κ1) is 42.1. The molecule has 0 amide bonds. The molecule has 14 nitrogen and oxygen atoms in total. The number of fused-ring (bicyclic) bond motifs is 1. The van der Waals surface area contributed by atoms with Gasteiger partial charge in [-0.2, -0.15) is 0 Å². The molecule has 0 saturated heterocycles. The van der Waals surface area contributed by atoms with Crippen LogP contribution >= 0.6 is 0 Å². The topological polar surface area (TPSA) is 184 Å². The van der Waals surface area contributed by atoms with Gasteiger partial charge in [0.1, 0.15) is 18.3 Å². The van der Waals surface area contributed by atoms with Crippen molar-refractivity contribution < 1.29 is 66.7 Å². The summed E-state index contributed by atoms with van der Waals surface area (Å²) >= 11 is 0. The summed E-state index contributed by atoms with van der Waals surface area (Å²) in [5.41, 5.74) is -5.36. The normalized spacial score (nSPS) is 33.1. The summed E-state index contributed by atoms with van der Waals surface area (Å²) in [7, 11) is 0. The minimum absolute atomic E-state index is 0.0333. The van der Waals surface area contributed by atoms with E-state index in [9.17, 15) is 33.6 Å². The van der Waals surface area contributed by atoms with Gasteiger partial charge >= 0.3 is 35.8 Å². The summed E-state index contributed by atoms with van der Waals surface area (Å²) in [5, 5.41) is 0. The Kier molecular flexibility index (Phi) is 13.7. The molecule has 14 heteroatoms. The van der Waals surface area contributed by atoms with Crippen molar-refractivity contribution in [3.05, 3.63) is 24.3 Å². The molecule has 2 aliphatic rings. The van der Waals surface area contributed by atoms with E-state index in [0.717, 1.165) is 34.6 Å². The molecule has 0 heterocycles. The van der Waals surface area contributed by atoms with Gasteiger partial charge in [-0.1, -0.05) is 53.3 Å². The van der Waals surface area contributed by atoms with Crippen molar-refractivity contribution in [2.45, 2.75) is 131 Å². The van der Waals surface area contributed by atoms with Crippen molar-refractivity contribution in [2.24, 2.45) is 23.2 Å². The van der Waals surface area contributed by atoms with Gasteiger partial charge in [0.15, 0.2) is 29.2 Å². The Morgan fingerprint density at radius 2 is 1.26 bits per heavy atom. The van der Waals surface area contributed by atoms with Crippen molar-refractivity contribution >= 4 is 41.6 Å². The van der Waals surface area contributed by atoms with Crippen molar-refractivity contribution in [1.82, 2.24) is 0 Å². The van der Waals surface area contributed by atoms with Gasteiger partial charge in [-0.05, 0) is 18.4 Å². The molecule has 50 heavy (non-hydrogen) atoms. The first-order valence-corrected chi connectivity index (χ1v) is 16.5. The number of Topliss-reactive ketones (excluding diaryl/α,β-unsaturated/α-hetero) is 1. The fourth-order valence-electron chi connectivity index (χ4n) is 6.91. The van der Waals surface area contributed by atoms with E-state index < -0.39 is 107 Å². The molecule has 1 fully saturated rings. The first-order chi connectivity index (χ1) is 22.9. The van der Waals surface area contributed by atoms with Gasteiger partial charge < -0.3 is 33.2 Å². The third-order valence-electron chi connectivity index (χ3n) is 8.61. The van der Waals surface area contributed by atoms with Crippen molar-refractivity contribution in [2.75, 3.05) is 6.61 Å². The van der Waals surface area contributed by atoms with E-state index in [2.05, 4.69) is 6.58 Å². The minimum atomic E-state index is -2.26. The molecule has 0 N–H and O–H groups in total. The smallest absolute Gasteiger partial charge is 0.303 e. The molecular formula is C36H52O14. The summed E-state index contributed by atoms with van der Waals surface area (Å²) in [6.07, 6.45) is -4.76. The Morgan fingerprint density at radius 1 is 0.760 bits per heavy atom. The lowest BCUT2D eigenvalue weighted by molar-refractivity contribution is -0.195. The standard InChI is InChI=1S/C36H52O14/c1-18(2)16-44-29-20(4)28(45-21(5)37)27-32(47-23(7)39)35(13,49-25(9)41)17-36(27,50-26(10)42)31(43)19(3)14-15-34(11,12)33(48-24(8)40)30(29)46-22(6)38/h14-15,18-19,27-30,32-33H,4,16-17H2,1-3,5-13H3/b15-14+/t19-,27+,28+,29+,30-,32-,33-,35-,36-/m1/s1. The van der Waals surface area contributed by atoms with E-state index in [1.807, 2.05) is 13.8 Å². The summed E-state index contributed by atoms with van der Waals surface area (Å²) < 4.78 is 41.5. The highest BCUT2D eigenvalue weighted by Crippen LogP contribution is 2.54. The zero-order chi connectivity index (χ0) is 38.5. The number of hydrogen-bond donors (Lipinski definition) is 0. The summed E-state index contributed by atoms with van der Waals surface area (Å²) in [6, 6.07) is 0. The van der Waals surface area contributed by atoms with Gasteiger partial charge in [-0.25, -0.2) is 0 Å². The quantitative estimate of drug-likeness (QED) is 0.192. The fourth-order valence-corrected chi connectivity index (χ4v) is 6.91. The maximum atomic E-state index is 14.9. The monoisotopic (exact) mass is 708 g/mol. The Morgan fingerprint density at radius 3 is 1.72 bits per heavy atom.